The highest BCUT2D eigenvalue weighted by Crippen LogP contribution is 2.34. The maximum atomic E-state index is 13.4. The summed E-state index contributed by atoms with van der Waals surface area (Å²) in [6.07, 6.45) is 0. The predicted molar refractivity (Wildman–Crippen MR) is 149 cm³/mol. The number of rotatable bonds is 6. The summed E-state index contributed by atoms with van der Waals surface area (Å²) in [4.78, 5) is 53.0. The minimum Gasteiger partial charge on any atom is -0.480 e. The first-order chi connectivity index (χ1) is 18.8. The summed E-state index contributed by atoms with van der Waals surface area (Å²) in [7, 11) is 0. The summed E-state index contributed by atoms with van der Waals surface area (Å²) in [6, 6.07) is 28.4. The minimum atomic E-state index is -1.14. The maximum absolute atomic E-state index is 13.4. The van der Waals surface area contributed by atoms with Crippen molar-refractivity contribution in [2.45, 2.75) is 6.92 Å². The first kappa shape index (κ1) is 25.4. The molecule has 0 radical (unpaired) electrons. The molecular formula is C31H25N3O5. The summed E-state index contributed by atoms with van der Waals surface area (Å²) in [5.74, 6) is -2.31. The van der Waals surface area contributed by atoms with Crippen LogP contribution in [0.1, 0.15) is 26.3 Å². The summed E-state index contributed by atoms with van der Waals surface area (Å²) >= 11 is 0. The van der Waals surface area contributed by atoms with E-state index in [0.717, 1.165) is 21.6 Å². The smallest absolute Gasteiger partial charge is 0.323 e. The minimum absolute atomic E-state index is 0.278. The van der Waals surface area contributed by atoms with Gasteiger partial charge in [0.1, 0.15) is 13.1 Å². The topological polar surface area (TPSA) is 107 Å². The molecule has 0 fully saturated rings. The third-order valence-corrected chi connectivity index (χ3v) is 6.52. The normalized spacial score (nSPS) is 12.6. The zero-order valence-corrected chi connectivity index (χ0v) is 21.1. The van der Waals surface area contributed by atoms with Crippen molar-refractivity contribution in [3.8, 4) is 11.1 Å². The molecule has 3 amide bonds. The Bertz CT molecular complexity index is 1580. The molecule has 4 aromatic carbocycles. The average molecular weight is 520 g/mol. The van der Waals surface area contributed by atoms with Gasteiger partial charge in [-0.1, -0.05) is 60.2 Å². The van der Waals surface area contributed by atoms with E-state index in [1.54, 1.807) is 54.6 Å². The molecule has 194 valence electrons. The first-order valence-corrected chi connectivity index (χ1v) is 12.3. The molecule has 5 rings (SSSR count). The van der Waals surface area contributed by atoms with Crippen LogP contribution in [0, 0.1) is 6.92 Å². The summed E-state index contributed by atoms with van der Waals surface area (Å²) in [6.45, 7) is 1.24. The Morgan fingerprint density at radius 3 is 2.15 bits per heavy atom. The predicted octanol–water partition coefficient (Wildman–Crippen LogP) is 4.99. The fourth-order valence-electron chi connectivity index (χ4n) is 4.57. The van der Waals surface area contributed by atoms with Crippen LogP contribution in [0.25, 0.3) is 11.1 Å². The number of amides is 3. The molecule has 0 aromatic heterocycles. The van der Waals surface area contributed by atoms with Crippen LogP contribution in [0.4, 0.5) is 17.1 Å². The number of carboxylic acids is 1. The SMILES string of the molecule is Cc1ccc(-c2ccccc2C(=O)Nc2ccc(C(=O)N3CC(=O)N(CC(=O)O)c4ccccc43)cc2)cc1. The van der Waals surface area contributed by atoms with Gasteiger partial charge < -0.3 is 10.4 Å². The van der Waals surface area contributed by atoms with Gasteiger partial charge in [-0.3, -0.25) is 29.0 Å². The Morgan fingerprint density at radius 2 is 1.46 bits per heavy atom. The molecule has 0 aliphatic carbocycles. The van der Waals surface area contributed by atoms with Crippen molar-refractivity contribution in [2.24, 2.45) is 0 Å². The van der Waals surface area contributed by atoms with Crippen LogP contribution in [0.15, 0.2) is 97.1 Å². The second-order valence-corrected chi connectivity index (χ2v) is 9.20. The number of benzene rings is 4. The number of carboxylic acid groups (broad SMARTS) is 1. The van der Waals surface area contributed by atoms with Gasteiger partial charge in [-0.05, 0) is 60.5 Å². The molecule has 39 heavy (non-hydrogen) atoms. The molecule has 1 heterocycles. The molecule has 8 heteroatoms. The largest absolute Gasteiger partial charge is 0.480 e. The Balaban J connectivity index is 1.35. The van der Waals surface area contributed by atoms with Gasteiger partial charge in [0.25, 0.3) is 11.8 Å². The van der Waals surface area contributed by atoms with Crippen LogP contribution < -0.4 is 15.1 Å². The Kier molecular flexibility index (Phi) is 6.93. The van der Waals surface area contributed by atoms with Crippen LogP contribution in [0.2, 0.25) is 0 Å². The van der Waals surface area contributed by atoms with E-state index < -0.39 is 24.3 Å². The molecule has 8 nitrogen and oxygen atoms in total. The zero-order chi connectivity index (χ0) is 27.5. The lowest BCUT2D eigenvalue weighted by atomic mass is 9.98. The lowest BCUT2D eigenvalue weighted by molar-refractivity contribution is -0.136. The summed E-state index contributed by atoms with van der Waals surface area (Å²) < 4.78 is 0. The molecule has 1 aliphatic heterocycles. The third kappa shape index (κ3) is 5.26. The number of nitrogens with one attached hydrogen (secondary N) is 1. The van der Waals surface area contributed by atoms with E-state index in [-0.39, 0.29) is 12.5 Å². The number of anilines is 3. The van der Waals surface area contributed by atoms with Crippen molar-refractivity contribution >= 4 is 40.8 Å². The fourth-order valence-corrected chi connectivity index (χ4v) is 4.57. The van der Waals surface area contributed by atoms with E-state index >= 15 is 0 Å². The molecule has 2 N–H and O–H groups in total. The Morgan fingerprint density at radius 1 is 0.821 bits per heavy atom. The van der Waals surface area contributed by atoms with Gasteiger partial charge in [-0.25, -0.2) is 0 Å². The van der Waals surface area contributed by atoms with Crippen LogP contribution in [0.5, 0.6) is 0 Å². The number of fused-ring (bicyclic) bond motifs is 1. The summed E-state index contributed by atoms with van der Waals surface area (Å²) in [5.41, 5.74) is 5.05. The molecule has 0 saturated carbocycles. The van der Waals surface area contributed by atoms with Gasteiger partial charge in [0.2, 0.25) is 5.91 Å². The summed E-state index contributed by atoms with van der Waals surface area (Å²) in [5, 5.41) is 12.1. The van der Waals surface area contributed by atoms with E-state index in [0.29, 0.717) is 28.2 Å². The number of aliphatic carboxylic acids is 1. The zero-order valence-electron chi connectivity index (χ0n) is 21.1. The number of hydrogen-bond donors (Lipinski definition) is 2. The Hall–Kier alpha value is -5.24. The van der Waals surface area contributed by atoms with E-state index in [1.807, 2.05) is 49.4 Å². The van der Waals surface area contributed by atoms with E-state index in [9.17, 15) is 24.3 Å². The van der Waals surface area contributed by atoms with Gasteiger partial charge in [0, 0.05) is 16.8 Å². The quantitative estimate of drug-likeness (QED) is 0.373. The number of nitrogens with zero attached hydrogens (tertiary/aromatic N) is 2. The number of hydrogen-bond acceptors (Lipinski definition) is 4. The highest BCUT2D eigenvalue weighted by Gasteiger charge is 2.33. The molecule has 0 bridgehead atoms. The highest BCUT2D eigenvalue weighted by molar-refractivity contribution is 6.17. The second-order valence-electron chi connectivity index (χ2n) is 9.20. The standard InChI is InChI=1S/C31H25N3O5/c1-20-10-12-21(13-11-20)24-6-2-3-7-25(24)30(38)32-23-16-14-22(15-17-23)31(39)34-18-28(35)33(19-29(36)37)26-8-4-5-9-27(26)34/h2-17H,18-19H2,1H3,(H,32,38)(H,36,37). The van der Waals surface area contributed by atoms with Gasteiger partial charge in [0.05, 0.1) is 11.4 Å². The van der Waals surface area contributed by atoms with E-state index in [1.165, 1.54) is 4.90 Å². The molecule has 0 atom stereocenters. The number of carbonyl (C=O) groups is 4. The van der Waals surface area contributed by atoms with E-state index in [2.05, 4.69) is 5.32 Å². The third-order valence-electron chi connectivity index (χ3n) is 6.52. The van der Waals surface area contributed by atoms with Gasteiger partial charge >= 0.3 is 5.97 Å². The second kappa shape index (κ2) is 10.6. The maximum Gasteiger partial charge on any atom is 0.323 e. The lowest BCUT2D eigenvalue weighted by Gasteiger charge is -2.35. The van der Waals surface area contributed by atoms with Crippen molar-refractivity contribution in [2.75, 3.05) is 28.2 Å². The van der Waals surface area contributed by atoms with Gasteiger partial charge in [-0.15, -0.1) is 0 Å². The molecule has 0 saturated heterocycles. The van der Waals surface area contributed by atoms with E-state index in [4.69, 9.17) is 0 Å². The van der Waals surface area contributed by atoms with Crippen LogP contribution in [-0.4, -0.2) is 41.9 Å². The van der Waals surface area contributed by atoms with Crippen LogP contribution in [0.3, 0.4) is 0 Å². The molecule has 1 aliphatic rings. The van der Waals surface area contributed by atoms with Crippen molar-refractivity contribution in [3.05, 3.63) is 114 Å². The Labute approximate surface area is 225 Å². The fraction of sp³-hybridized carbons (Fsp3) is 0.0968. The van der Waals surface area contributed by atoms with Crippen LogP contribution >= 0.6 is 0 Å². The van der Waals surface area contributed by atoms with Gasteiger partial charge in [-0.2, -0.15) is 0 Å². The van der Waals surface area contributed by atoms with Gasteiger partial charge in [0.15, 0.2) is 0 Å². The molecule has 4 aromatic rings. The van der Waals surface area contributed by atoms with Crippen molar-refractivity contribution in [1.29, 1.82) is 0 Å². The lowest BCUT2D eigenvalue weighted by Crippen LogP contribution is -2.49. The van der Waals surface area contributed by atoms with Crippen molar-refractivity contribution in [3.63, 3.8) is 0 Å². The number of aryl methyl sites for hydroxylation is 1. The number of para-hydroxylation sites is 2. The number of carbonyl (C=O) groups excluding carboxylic acids is 3. The van der Waals surface area contributed by atoms with Crippen molar-refractivity contribution < 1.29 is 24.3 Å². The first-order valence-electron chi connectivity index (χ1n) is 12.3. The molecular weight excluding hydrogens is 494 g/mol. The monoisotopic (exact) mass is 519 g/mol. The van der Waals surface area contributed by atoms with Crippen LogP contribution in [-0.2, 0) is 9.59 Å². The van der Waals surface area contributed by atoms with Crippen molar-refractivity contribution in [1.82, 2.24) is 0 Å². The average Bonchev–Trinajstić information content (AvgIpc) is 2.94. The molecule has 0 unspecified atom stereocenters. The highest BCUT2D eigenvalue weighted by atomic mass is 16.4. The molecule has 0 spiro atoms.